The van der Waals surface area contributed by atoms with Crippen LogP contribution >= 0.6 is 0 Å². The lowest BCUT2D eigenvalue weighted by atomic mass is 10.0. The van der Waals surface area contributed by atoms with Gasteiger partial charge in [-0.05, 0) is 38.5 Å². The first-order valence-electron chi connectivity index (χ1n) is 30.7. The van der Waals surface area contributed by atoms with Gasteiger partial charge in [-0.2, -0.15) is 0 Å². The van der Waals surface area contributed by atoms with Crippen molar-refractivity contribution < 1.29 is 28.6 Å². The molecule has 68 heavy (non-hydrogen) atoms. The molecule has 1 atom stereocenters. The van der Waals surface area contributed by atoms with Gasteiger partial charge in [-0.25, -0.2) is 0 Å². The first-order chi connectivity index (χ1) is 33.5. The lowest BCUT2D eigenvalue weighted by molar-refractivity contribution is -0.167. The SMILES string of the molecule is CCC/C=C\CCCCCCCC(=O)OC(COC(=O)CCCCCCC)COC(=O)CCCCCCCCCCCCCCCCCCCCCCCCCCCCCCCCCCCCC. The molecule has 0 aliphatic carbocycles. The van der Waals surface area contributed by atoms with Crippen LogP contribution in [0.3, 0.4) is 0 Å². The molecule has 0 heterocycles. The molecule has 0 spiro atoms. The van der Waals surface area contributed by atoms with Crippen LogP contribution in [0.25, 0.3) is 0 Å². The van der Waals surface area contributed by atoms with Crippen LogP contribution in [0.2, 0.25) is 0 Å². The van der Waals surface area contributed by atoms with E-state index in [1.165, 1.54) is 225 Å². The van der Waals surface area contributed by atoms with Gasteiger partial charge in [0.15, 0.2) is 6.10 Å². The van der Waals surface area contributed by atoms with Gasteiger partial charge in [0.25, 0.3) is 0 Å². The summed E-state index contributed by atoms with van der Waals surface area (Å²) >= 11 is 0. The molecular formula is C62H118O6. The van der Waals surface area contributed by atoms with Gasteiger partial charge in [0.1, 0.15) is 13.2 Å². The molecule has 6 heteroatoms. The Balaban J connectivity index is 3.74. The Hall–Kier alpha value is -1.85. The van der Waals surface area contributed by atoms with Crippen LogP contribution < -0.4 is 0 Å². The Bertz CT molecular complexity index is 1060. The number of hydrogen-bond donors (Lipinski definition) is 0. The number of allylic oxidation sites excluding steroid dienone is 2. The predicted molar refractivity (Wildman–Crippen MR) is 293 cm³/mol. The van der Waals surface area contributed by atoms with Gasteiger partial charge in [-0.1, -0.05) is 303 Å². The van der Waals surface area contributed by atoms with E-state index in [0.29, 0.717) is 19.3 Å². The maximum Gasteiger partial charge on any atom is 0.306 e. The Kier molecular flexibility index (Phi) is 56.2. The van der Waals surface area contributed by atoms with Gasteiger partial charge in [0.05, 0.1) is 0 Å². The first-order valence-corrected chi connectivity index (χ1v) is 30.7. The molecule has 0 saturated carbocycles. The highest BCUT2D eigenvalue weighted by molar-refractivity contribution is 5.71. The van der Waals surface area contributed by atoms with Crippen LogP contribution in [0.4, 0.5) is 0 Å². The van der Waals surface area contributed by atoms with Gasteiger partial charge in [-0.15, -0.1) is 0 Å². The van der Waals surface area contributed by atoms with Crippen LogP contribution in [0.1, 0.15) is 348 Å². The van der Waals surface area contributed by atoms with Crippen molar-refractivity contribution in [2.45, 2.75) is 354 Å². The second kappa shape index (κ2) is 57.7. The van der Waals surface area contributed by atoms with Crippen LogP contribution in [0, 0.1) is 0 Å². The first kappa shape index (κ1) is 66.2. The van der Waals surface area contributed by atoms with Gasteiger partial charge in [-0.3, -0.25) is 14.4 Å². The summed E-state index contributed by atoms with van der Waals surface area (Å²) in [7, 11) is 0. The second-order valence-corrected chi connectivity index (χ2v) is 21.0. The van der Waals surface area contributed by atoms with Crippen molar-refractivity contribution in [3.05, 3.63) is 12.2 Å². The highest BCUT2D eigenvalue weighted by atomic mass is 16.6. The van der Waals surface area contributed by atoms with Crippen molar-refractivity contribution in [1.29, 1.82) is 0 Å². The molecule has 0 saturated heterocycles. The molecule has 0 bridgehead atoms. The lowest BCUT2D eigenvalue weighted by Crippen LogP contribution is -2.30. The summed E-state index contributed by atoms with van der Waals surface area (Å²) < 4.78 is 16.7. The monoisotopic (exact) mass is 959 g/mol. The van der Waals surface area contributed by atoms with Crippen LogP contribution in [0.5, 0.6) is 0 Å². The van der Waals surface area contributed by atoms with Crippen LogP contribution in [0.15, 0.2) is 12.2 Å². The quantitative estimate of drug-likeness (QED) is 0.0262. The third kappa shape index (κ3) is 55.1. The van der Waals surface area contributed by atoms with Crippen molar-refractivity contribution in [2.75, 3.05) is 13.2 Å². The Morgan fingerprint density at radius 2 is 0.515 bits per heavy atom. The van der Waals surface area contributed by atoms with Gasteiger partial charge in [0.2, 0.25) is 0 Å². The van der Waals surface area contributed by atoms with E-state index in [1.807, 2.05) is 0 Å². The average Bonchev–Trinajstić information content (AvgIpc) is 3.34. The van der Waals surface area contributed by atoms with E-state index in [9.17, 15) is 14.4 Å². The molecule has 1 unspecified atom stereocenters. The average molecular weight is 960 g/mol. The summed E-state index contributed by atoms with van der Waals surface area (Å²) in [6, 6.07) is 0. The molecule has 0 aromatic carbocycles. The van der Waals surface area contributed by atoms with E-state index in [4.69, 9.17) is 14.2 Å². The number of hydrogen-bond acceptors (Lipinski definition) is 6. The molecule has 0 aromatic rings. The summed E-state index contributed by atoms with van der Waals surface area (Å²) in [6.07, 6.45) is 67.4. The largest absolute Gasteiger partial charge is 0.462 e. The highest BCUT2D eigenvalue weighted by Gasteiger charge is 2.19. The summed E-state index contributed by atoms with van der Waals surface area (Å²) in [5.74, 6) is -0.880. The molecule has 0 aromatic heterocycles. The van der Waals surface area contributed by atoms with Crippen LogP contribution in [-0.4, -0.2) is 37.2 Å². The standard InChI is InChI=1S/C62H118O6/c1-4-7-10-13-15-17-19-20-21-22-23-24-25-26-27-28-29-30-31-32-33-34-35-36-37-38-39-40-41-42-43-45-46-49-52-55-61(64)67-58-59(57-66-60(63)54-51-48-12-9-6-3)68-62(65)56-53-50-47-44-18-16-14-11-8-5-2/h11,14,59H,4-10,12-13,15-58H2,1-3H3/b14-11-. The topological polar surface area (TPSA) is 78.9 Å². The predicted octanol–water partition coefficient (Wildman–Crippen LogP) is 20.5. The van der Waals surface area contributed by atoms with Crippen molar-refractivity contribution in [2.24, 2.45) is 0 Å². The minimum atomic E-state index is -0.765. The molecular weight excluding hydrogens is 841 g/mol. The van der Waals surface area contributed by atoms with E-state index in [0.717, 1.165) is 83.5 Å². The summed E-state index contributed by atoms with van der Waals surface area (Å²) in [5.41, 5.74) is 0. The molecule has 0 amide bonds. The Morgan fingerprint density at radius 1 is 0.279 bits per heavy atom. The number of carbonyl (C=O) groups is 3. The summed E-state index contributed by atoms with van der Waals surface area (Å²) in [5, 5.41) is 0. The normalized spacial score (nSPS) is 12.0. The minimum absolute atomic E-state index is 0.0699. The number of carbonyl (C=O) groups excluding carboxylic acids is 3. The third-order valence-electron chi connectivity index (χ3n) is 14.0. The summed E-state index contributed by atoms with van der Waals surface area (Å²) in [6.45, 7) is 6.53. The van der Waals surface area contributed by atoms with Crippen molar-refractivity contribution >= 4 is 17.9 Å². The number of ether oxygens (including phenoxy) is 3. The fraction of sp³-hybridized carbons (Fsp3) is 0.919. The molecule has 0 radical (unpaired) electrons. The van der Waals surface area contributed by atoms with Gasteiger partial charge < -0.3 is 14.2 Å². The van der Waals surface area contributed by atoms with Gasteiger partial charge >= 0.3 is 17.9 Å². The molecule has 6 nitrogen and oxygen atoms in total. The number of unbranched alkanes of at least 4 members (excludes halogenated alkanes) is 44. The lowest BCUT2D eigenvalue weighted by Gasteiger charge is -2.18. The van der Waals surface area contributed by atoms with E-state index in [1.54, 1.807) is 0 Å². The Morgan fingerprint density at radius 3 is 0.794 bits per heavy atom. The van der Waals surface area contributed by atoms with Crippen molar-refractivity contribution in [3.63, 3.8) is 0 Å². The molecule has 0 fully saturated rings. The smallest absolute Gasteiger partial charge is 0.306 e. The molecule has 402 valence electrons. The summed E-state index contributed by atoms with van der Waals surface area (Å²) in [4.78, 5) is 37.6. The highest BCUT2D eigenvalue weighted by Crippen LogP contribution is 2.18. The number of esters is 3. The van der Waals surface area contributed by atoms with E-state index >= 15 is 0 Å². The van der Waals surface area contributed by atoms with Crippen molar-refractivity contribution in [1.82, 2.24) is 0 Å². The van der Waals surface area contributed by atoms with Gasteiger partial charge in [0, 0.05) is 19.3 Å². The maximum absolute atomic E-state index is 12.7. The minimum Gasteiger partial charge on any atom is -0.462 e. The van der Waals surface area contributed by atoms with E-state index in [2.05, 4.69) is 32.9 Å². The third-order valence-corrected chi connectivity index (χ3v) is 14.0. The van der Waals surface area contributed by atoms with E-state index in [-0.39, 0.29) is 31.1 Å². The van der Waals surface area contributed by atoms with Crippen LogP contribution in [-0.2, 0) is 28.6 Å². The molecule has 0 N–H and O–H groups in total. The van der Waals surface area contributed by atoms with Crippen molar-refractivity contribution in [3.8, 4) is 0 Å². The fourth-order valence-corrected chi connectivity index (χ4v) is 9.39. The zero-order chi connectivity index (χ0) is 49.3. The molecule has 0 aliphatic rings. The Labute approximate surface area is 424 Å². The second-order valence-electron chi connectivity index (χ2n) is 21.0. The fourth-order valence-electron chi connectivity index (χ4n) is 9.39. The van der Waals surface area contributed by atoms with E-state index < -0.39 is 6.10 Å². The zero-order valence-corrected chi connectivity index (χ0v) is 46.2. The maximum atomic E-state index is 12.7. The molecule has 0 aliphatic heterocycles. The molecule has 0 rings (SSSR count). The zero-order valence-electron chi connectivity index (χ0n) is 46.2. The number of rotatable bonds is 57.